The molecule has 15 heavy (non-hydrogen) atoms. The van der Waals surface area contributed by atoms with Crippen LogP contribution in [-0.2, 0) is 13.0 Å². The normalized spacial score (nSPS) is 10.3. The Morgan fingerprint density at radius 2 is 2.33 bits per heavy atom. The molecule has 0 spiro atoms. The first-order valence-corrected chi connectivity index (χ1v) is 4.92. The second-order valence-electron chi connectivity index (χ2n) is 3.32. The number of aliphatic hydroxyl groups is 1. The minimum atomic E-state index is -0.425. The van der Waals surface area contributed by atoms with E-state index in [-0.39, 0.29) is 12.3 Å². The van der Waals surface area contributed by atoms with Crippen molar-refractivity contribution in [3.63, 3.8) is 0 Å². The number of aliphatic hydroxyl groups excluding tert-OH is 1. The maximum absolute atomic E-state index is 10.7. The Hall–Kier alpha value is -1.49. The second-order valence-corrected chi connectivity index (χ2v) is 3.32. The highest BCUT2D eigenvalue weighted by Crippen LogP contribution is 2.20. The number of aromatic nitrogens is 1. The predicted molar refractivity (Wildman–Crippen MR) is 55.4 cm³/mol. The molecule has 0 aliphatic heterocycles. The lowest BCUT2D eigenvalue weighted by Gasteiger charge is -2.02. The number of nitrogens with zero attached hydrogens (tertiary/aromatic N) is 2. The Balaban J connectivity index is 2.98. The van der Waals surface area contributed by atoms with Crippen molar-refractivity contribution in [2.24, 2.45) is 0 Å². The van der Waals surface area contributed by atoms with E-state index in [4.69, 9.17) is 5.11 Å². The molecule has 0 bridgehead atoms. The van der Waals surface area contributed by atoms with Gasteiger partial charge in [-0.1, -0.05) is 13.3 Å². The van der Waals surface area contributed by atoms with Crippen molar-refractivity contribution >= 4 is 5.69 Å². The van der Waals surface area contributed by atoms with Gasteiger partial charge in [0.1, 0.15) is 0 Å². The van der Waals surface area contributed by atoms with E-state index in [0.717, 1.165) is 12.8 Å². The highest BCUT2D eigenvalue weighted by molar-refractivity contribution is 5.39. The molecule has 0 saturated heterocycles. The SMILES string of the molecule is CCCCc1cnc(CO)cc1[N+](=O)[O-]. The van der Waals surface area contributed by atoms with Gasteiger partial charge in [-0.05, 0) is 12.8 Å². The Kier molecular flexibility index (Phi) is 4.17. The molecule has 1 heterocycles. The summed E-state index contributed by atoms with van der Waals surface area (Å²) in [6.45, 7) is 1.76. The largest absolute Gasteiger partial charge is 0.390 e. The summed E-state index contributed by atoms with van der Waals surface area (Å²) in [5.74, 6) is 0. The van der Waals surface area contributed by atoms with Crippen molar-refractivity contribution in [1.29, 1.82) is 0 Å². The topological polar surface area (TPSA) is 76.3 Å². The van der Waals surface area contributed by atoms with Crippen LogP contribution in [0.5, 0.6) is 0 Å². The monoisotopic (exact) mass is 210 g/mol. The first kappa shape index (κ1) is 11.6. The van der Waals surface area contributed by atoms with Crippen LogP contribution in [-0.4, -0.2) is 15.0 Å². The average Bonchev–Trinajstić information content (AvgIpc) is 2.26. The van der Waals surface area contributed by atoms with Gasteiger partial charge in [0.05, 0.1) is 17.2 Å². The second kappa shape index (κ2) is 5.41. The van der Waals surface area contributed by atoms with E-state index in [1.165, 1.54) is 12.3 Å². The van der Waals surface area contributed by atoms with Crippen molar-refractivity contribution in [1.82, 2.24) is 4.98 Å². The third-order valence-corrected chi connectivity index (χ3v) is 2.18. The summed E-state index contributed by atoms with van der Waals surface area (Å²) in [6, 6.07) is 1.34. The first-order valence-electron chi connectivity index (χ1n) is 4.92. The molecular weight excluding hydrogens is 196 g/mol. The van der Waals surface area contributed by atoms with Gasteiger partial charge in [-0.3, -0.25) is 15.1 Å². The minimum Gasteiger partial charge on any atom is -0.390 e. The standard InChI is InChI=1S/C10H14N2O3/c1-2-3-4-8-6-11-9(7-13)5-10(8)12(14)15/h5-6,13H,2-4,7H2,1H3. The summed E-state index contributed by atoms with van der Waals surface area (Å²) in [6.07, 6.45) is 4.03. The molecule has 5 nitrogen and oxygen atoms in total. The molecular formula is C10H14N2O3. The Morgan fingerprint density at radius 3 is 2.87 bits per heavy atom. The Labute approximate surface area is 87.9 Å². The Bertz CT molecular complexity index is 353. The third-order valence-electron chi connectivity index (χ3n) is 2.18. The van der Waals surface area contributed by atoms with E-state index in [1.807, 2.05) is 6.92 Å². The van der Waals surface area contributed by atoms with Gasteiger partial charge in [-0.2, -0.15) is 0 Å². The van der Waals surface area contributed by atoms with Crippen molar-refractivity contribution < 1.29 is 10.0 Å². The van der Waals surface area contributed by atoms with E-state index in [9.17, 15) is 10.1 Å². The number of pyridine rings is 1. The smallest absolute Gasteiger partial charge is 0.276 e. The lowest BCUT2D eigenvalue weighted by molar-refractivity contribution is -0.385. The zero-order valence-corrected chi connectivity index (χ0v) is 8.64. The molecule has 0 atom stereocenters. The third kappa shape index (κ3) is 2.99. The summed E-state index contributed by atoms with van der Waals surface area (Å²) in [5.41, 5.74) is 1.03. The van der Waals surface area contributed by atoms with Gasteiger partial charge in [0, 0.05) is 17.8 Å². The van der Waals surface area contributed by atoms with Crippen LogP contribution in [0.4, 0.5) is 5.69 Å². The van der Waals surface area contributed by atoms with Crippen molar-refractivity contribution in [3.8, 4) is 0 Å². The molecule has 0 saturated carbocycles. The van der Waals surface area contributed by atoms with Gasteiger partial charge in [0.15, 0.2) is 0 Å². The van der Waals surface area contributed by atoms with Crippen LogP contribution < -0.4 is 0 Å². The van der Waals surface area contributed by atoms with Crippen LogP contribution in [0.1, 0.15) is 31.0 Å². The zero-order chi connectivity index (χ0) is 11.3. The van der Waals surface area contributed by atoms with E-state index in [1.54, 1.807) is 0 Å². The highest BCUT2D eigenvalue weighted by atomic mass is 16.6. The maximum Gasteiger partial charge on any atom is 0.276 e. The van der Waals surface area contributed by atoms with Gasteiger partial charge in [0.2, 0.25) is 0 Å². The summed E-state index contributed by atoms with van der Waals surface area (Å²) >= 11 is 0. The lowest BCUT2D eigenvalue weighted by atomic mass is 10.1. The minimum absolute atomic E-state index is 0.0579. The fourth-order valence-corrected chi connectivity index (χ4v) is 1.33. The molecule has 1 aromatic heterocycles. The average molecular weight is 210 g/mol. The predicted octanol–water partition coefficient (Wildman–Crippen LogP) is 1.82. The summed E-state index contributed by atoms with van der Waals surface area (Å²) in [7, 11) is 0. The van der Waals surface area contributed by atoms with Crippen molar-refractivity contribution in [2.75, 3.05) is 0 Å². The van der Waals surface area contributed by atoms with Crippen LogP contribution in [0.3, 0.4) is 0 Å². The van der Waals surface area contributed by atoms with Crippen LogP contribution in [0.15, 0.2) is 12.3 Å². The first-order chi connectivity index (χ1) is 7.19. The fraction of sp³-hybridized carbons (Fsp3) is 0.500. The van der Waals surface area contributed by atoms with E-state index in [2.05, 4.69) is 4.98 Å². The molecule has 0 unspecified atom stereocenters. The van der Waals surface area contributed by atoms with Gasteiger partial charge in [0.25, 0.3) is 5.69 Å². The maximum atomic E-state index is 10.7. The molecule has 82 valence electrons. The highest BCUT2D eigenvalue weighted by Gasteiger charge is 2.14. The van der Waals surface area contributed by atoms with E-state index >= 15 is 0 Å². The van der Waals surface area contributed by atoms with E-state index < -0.39 is 4.92 Å². The van der Waals surface area contributed by atoms with Crippen LogP contribution in [0.25, 0.3) is 0 Å². The molecule has 1 N–H and O–H groups in total. The molecule has 0 amide bonds. The number of hydrogen-bond acceptors (Lipinski definition) is 4. The number of unbranched alkanes of at least 4 members (excludes halogenated alkanes) is 1. The van der Waals surface area contributed by atoms with Crippen LogP contribution in [0.2, 0.25) is 0 Å². The number of nitro groups is 1. The van der Waals surface area contributed by atoms with Gasteiger partial charge in [-0.25, -0.2) is 0 Å². The molecule has 0 aliphatic carbocycles. The Morgan fingerprint density at radius 1 is 1.60 bits per heavy atom. The molecule has 1 aromatic rings. The quantitative estimate of drug-likeness (QED) is 0.594. The van der Waals surface area contributed by atoms with Crippen LogP contribution in [0, 0.1) is 10.1 Å². The molecule has 5 heteroatoms. The molecule has 0 fully saturated rings. The molecule has 0 aliphatic rings. The number of aryl methyl sites for hydroxylation is 1. The summed E-state index contributed by atoms with van der Waals surface area (Å²) in [4.78, 5) is 14.3. The van der Waals surface area contributed by atoms with Gasteiger partial charge in [-0.15, -0.1) is 0 Å². The molecule has 0 aromatic carbocycles. The lowest BCUT2D eigenvalue weighted by Crippen LogP contribution is -2.00. The zero-order valence-electron chi connectivity index (χ0n) is 8.64. The van der Waals surface area contributed by atoms with Crippen molar-refractivity contribution in [3.05, 3.63) is 33.6 Å². The van der Waals surface area contributed by atoms with Crippen LogP contribution >= 0.6 is 0 Å². The van der Waals surface area contributed by atoms with E-state index in [0.29, 0.717) is 17.7 Å². The van der Waals surface area contributed by atoms with Gasteiger partial charge < -0.3 is 5.11 Å². The fourth-order valence-electron chi connectivity index (χ4n) is 1.33. The number of hydrogen-bond donors (Lipinski definition) is 1. The molecule has 0 radical (unpaired) electrons. The molecule has 1 rings (SSSR count). The van der Waals surface area contributed by atoms with Crippen molar-refractivity contribution in [2.45, 2.75) is 32.8 Å². The van der Waals surface area contributed by atoms with Gasteiger partial charge >= 0.3 is 0 Å². The summed E-state index contributed by atoms with van der Waals surface area (Å²) < 4.78 is 0. The summed E-state index contributed by atoms with van der Waals surface area (Å²) in [5, 5.41) is 19.6. The number of rotatable bonds is 5.